The van der Waals surface area contributed by atoms with Gasteiger partial charge >= 0.3 is 0 Å². The standard InChI is InChI=1S/C20H30N6O.C18H25N5O/c1-19(2,22)17(27)24-13-20(15-7-5-4-6-8-15)11-9-16(10-12-20)26-18(23-3)25-14-21;1-14(24)21-12-18(15-6-4-3-5-7-15)10-8-16(9-11-18)23-17(20-2)22-13-19/h4-8,16H,9-13,22H2,1-3H3,(H,24,27)(H2,23,25,26);3-7,16H,8-12H2,1-2H3,(H,21,24)(H2,20,22,23). The van der Waals surface area contributed by atoms with E-state index in [9.17, 15) is 9.59 Å². The van der Waals surface area contributed by atoms with Crippen molar-refractivity contribution >= 4 is 23.7 Å². The summed E-state index contributed by atoms with van der Waals surface area (Å²) in [5.41, 5.74) is 7.39. The molecule has 2 aliphatic carbocycles. The van der Waals surface area contributed by atoms with E-state index in [2.05, 4.69) is 66.2 Å². The van der Waals surface area contributed by atoms with Crippen molar-refractivity contribution in [2.45, 2.75) is 101 Å². The van der Waals surface area contributed by atoms with Crippen molar-refractivity contribution in [3.05, 3.63) is 71.8 Å². The molecule has 0 radical (unpaired) electrons. The van der Waals surface area contributed by atoms with E-state index in [0.29, 0.717) is 25.0 Å². The summed E-state index contributed by atoms with van der Waals surface area (Å²) in [5, 5.41) is 35.3. The number of nitrogens with one attached hydrogen (secondary N) is 6. The summed E-state index contributed by atoms with van der Waals surface area (Å²) in [7, 11) is 3.30. The molecule has 0 aliphatic heterocycles. The fraction of sp³-hybridized carbons (Fsp3) is 0.526. The molecule has 0 aromatic heterocycles. The van der Waals surface area contributed by atoms with Crippen LogP contribution in [0, 0.1) is 22.9 Å². The third-order valence-electron chi connectivity index (χ3n) is 9.98. The lowest BCUT2D eigenvalue weighted by Crippen LogP contribution is -2.54. The fourth-order valence-corrected chi connectivity index (χ4v) is 6.92. The van der Waals surface area contributed by atoms with Gasteiger partial charge in [-0.1, -0.05) is 60.7 Å². The Morgan fingerprint density at radius 3 is 1.43 bits per heavy atom. The van der Waals surface area contributed by atoms with Gasteiger partial charge in [-0.3, -0.25) is 30.2 Å². The van der Waals surface area contributed by atoms with Crippen LogP contribution in [-0.2, 0) is 20.4 Å². The van der Waals surface area contributed by atoms with Crippen molar-refractivity contribution in [1.29, 1.82) is 10.5 Å². The van der Waals surface area contributed by atoms with Crippen LogP contribution in [0.3, 0.4) is 0 Å². The topological polar surface area (TPSA) is 205 Å². The molecule has 0 unspecified atom stereocenters. The first kappa shape index (κ1) is 40.3. The largest absolute Gasteiger partial charge is 0.355 e. The number of benzene rings is 2. The van der Waals surface area contributed by atoms with Crippen LogP contribution in [0.4, 0.5) is 0 Å². The second kappa shape index (κ2) is 19.3. The minimum atomic E-state index is -0.897. The number of nitriles is 2. The van der Waals surface area contributed by atoms with Crippen LogP contribution in [0.5, 0.6) is 0 Å². The number of guanidine groups is 2. The third-order valence-corrected chi connectivity index (χ3v) is 9.98. The molecule has 0 atom stereocenters. The Hall–Kier alpha value is -5.14. The van der Waals surface area contributed by atoms with E-state index in [0.717, 1.165) is 51.4 Å². The molecule has 0 saturated heterocycles. The lowest BCUT2D eigenvalue weighted by molar-refractivity contribution is -0.125. The van der Waals surface area contributed by atoms with E-state index in [1.54, 1.807) is 34.9 Å². The number of hydrogen-bond donors (Lipinski definition) is 7. The monoisotopic (exact) mass is 697 g/mol. The van der Waals surface area contributed by atoms with Gasteiger partial charge < -0.3 is 27.0 Å². The first-order valence-corrected chi connectivity index (χ1v) is 17.6. The summed E-state index contributed by atoms with van der Waals surface area (Å²) >= 11 is 0. The highest BCUT2D eigenvalue weighted by molar-refractivity contribution is 5.85. The van der Waals surface area contributed by atoms with Crippen LogP contribution in [0.25, 0.3) is 0 Å². The molecule has 2 fully saturated rings. The summed E-state index contributed by atoms with van der Waals surface area (Å²) in [6.07, 6.45) is 11.3. The lowest BCUT2D eigenvalue weighted by Gasteiger charge is -2.41. The van der Waals surface area contributed by atoms with Crippen LogP contribution in [-0.4, -0.2) is 68.5 Å². The predicted octanol–water partition coefficient (Wildman–Crippen LogP) is 3.02. The highest BCUT2D eigenvalue weighted by Gasteiger charge is 2.39. The molecule has 0 heterocycles. The number of aliphatic imine (C=N–C) groups is 2. The second-order valence-corrected chi connectivity index (χ2v) is 14.1. The number of hydrogen-bond acceptors (Lipinski definition) is 7. The maximum absolute atomic E-state index is 12.3. The van der Waals surface area contributed by atoms with Crippen LogP contribution in [0.2, 0.25) is 0 Å². The van der Waals surface area contributed by atoms with Crippen molar-refractivity contribution in [2.75, 3.05) is 27.2 Å². The SMILES string of the molecule is CN=C(NC#N)NC1CCC(CNC(=O)C(C)(C)N)(c2ccccc2)CC1.CN=C(NC#N)NC1CCC(CNC(C)=O)(c2ccccc2)CC1. The Morgan fingerprint density at radius 2 is 1.12 bits per heavy atom. The molecule has 2 saturated carbocycles. The molecule has 13 nitrogen and oxygen atoms in total. The van der Waals surface area contributed by atoms with Gasteiger partial charge in [0, 0.05) is 57.0 Å². The van der Waals surface area contributed by atoms with Crippen molar-refractivity contribution in [2.24, 2.45) is 15.7 Å². The normalized spacial score (nSPS) is 23.5. The summed E-state index contributed by atoms with van der Waals surface area (Å²) in [5.74, 6) is 0.866. The maximum atomic E-state index is 12.3. The molecular weight excluding hydrogens is 642 g/mol. The Morgan fingerprint density at radius 1 is 0.745 bits per heavy atom. The van der Waals surface area contributed by atoms with Crippen LogP contribution in [0.1, 0.15) is 83.3 Å². The number of rotatable bonds is 9. The molecule has 51 heavy (non-hydrogen) atoms. The van der Waals surface area contributed by atoms with Crippen molar-refractivity contribution < 1.29 is 9.59 Å². The molecule has 13 heteroatoms. The molecule has 4 rings (SSSR count). The molecule has 2 amide bonds. The van der Waals surface area contributed by atoms with Crippen LogP contribution < -0.4 is 37.6 Å². The first-order valence-electron chi connectivity index (χ1n) is 17.6. The molecule has 0 spiro atoms. The van der Waals surface area contributed by atoms with Crippen molar-refractivity contribution in [3.8, 4) is 12.4 Å². The van der Waals surface area contributed by atoms with Gasteiger partial charge in [0.25, 0.3) is 0 Å². The smallest absolute Gasteiger partial charge is 0.239 e. The summed E-state index contributed by atoms with van der Waals surface area (Å²) < 4.78 is 0. The molecule has 2 aliphatic rings. The maximum Gasteiger partial charge on any atom is 0.239 e. The summed E-state index contributed by atoms with van der Waals surface area (Å²) in [6.45, 7) is 6.21. The predicted molar refractivity (Wildman–Crippen MR) is 201 cm³/mol. The van der Waals surface area contributed by atoms with Gasteiger partial charge in [0.05, 0.1) is 5.54 Å². The average Bonchev–Trinajstić information content (AvgIpc) is 3.14. The van der Waals surface area contributed by atoms with Gasteiger partial charge in [-0.15, -0.1) is 0 Å². The lowest BCUT2D eigenvalue weighted by atomic mass is 9.68. The Bertz CT molecular complexity index is 1540. The molecule has 2 aromatic rings. The van der Waals surface area contributed by atoms with E-state index < -0.39 is 5.54 Å². The minimum Gasteiger partial charge on any atom is -0.355 e. The van der Waals surface area contributed by atoms with Gasteiger partial charge in [-0.05, 0) is 76.3 Å². The molecule has 8 N–H and O–H groups in total. The molecule has 2 aromatic carbocycles. The molecule has 274 valence electrons. The zero-order valence-electron chi connectivity index (χ0n) is 30.7. The van der Waals surface area contributed by atoms with Gasteiger partial charge in [-0.25, -0.2) is 0 Å². The molecule has 0 bridgehead atoms. The van der Waals surface area contributed by atoms with Gasteiger partial charge in [0.15, 0.2) is 12.4 Å². The van der Waals surface area contributed by atoms with Crippen molar-refractivity contribution in [3.63, 3.8) is 0 Å². The van der Waals surface area contributed by atoms with Crippen LogP contribution >= 0.6 is 0 Å². The third kappa shape index (κ3) is 12.0. The highest BCUT2D eigenvalue weighted by Crippen LogP contribution is 2.40. The summed E-state index contributed by atoms with van der Waals surface area (Å²) in [4.78, 5) is 31.8. The Balaban J connectivity index is 0.000000277. The number of carbonyl (C=O) groups is 2. The zero-order valence-corrected chi connectivity index (χ0v) is 30.7. The van der Waals surface area contributed by atoms with E-state index >= 15 is 0 Å². The minimum absolute atomic E-state index is 0.00387. The number of amides is 2. The highest BCUT2D eigenvalue weighted by atomic mass is 16.2. The average molecular weight is 698 g/mol. The van der Waals surface area contributed by atoms with Crippen LogP contribution in [0.15, 0.2) is 70.6 Å². The van der Waals surface area contributed by atoms with Gasteiger partial charge in [0.1, 0.15) is 0 Å². The quantitative estimate of drug-likeness (QED) is 0.0889. The van der Waals surface area contributed by atoms with E-state index in [-0.39, 0.29) is 34.7 Å². The second-order valence-electron chi connectivity index (χ2n) is 14.1. The number of nitrogens with two attached hydrogens (primary N) is 1. The Labute approximate surface area is 303 Å². The van der Waals surface area contributed by atoms with Gasteiger partial charge in [0.2, 0.25) is 23.7 Å². The van der Waals surface area contributed by atoms with E-state index in [1.807, 2.05) is 48.8 Å². The van der Waals surface area contributed by atoms with E-state index in [4.69, 9.17) is 16.3 Å². The number of nitrogens with zero attached hydrogens (tertiary/aromatic N) is 4. The first-order chi connectivity index (χ1) is 24.4. The zero-order chi connectivity index (χ0) is 37.3. The van der Waals surface area contributed by atoms with E-state index in [1.165, 1.54) is 11.1 Å². The Kier molecular flexibility index (Phi) is 15.3. The van der Waals surface area contributed by atoms with Crippen molar-refractivity contribution in [1.82, 2.24) is 31.9 Å². The summed E-state index contributed by atoms with van der Waals surface area (Å²) in [6, 6.07) is 21.3. The molecular formula is C38H55N11O2. The van der Waals surface area contributed by atoms with Gasteiger partial charge in [-0.2, -0.15) is 10.5 Å². The fourth-order valence-electron chi connectivity index (χ4n) is 6.92. The number of carbonyl (C=O) groups excluding carboxylic acids is 2.